The molecule has 1 saturated heterocycles. The van der Waals surface area contributed by atoms with Crippen LogP contribution in [0.2, 0.25) is 0 Å². The summed E-state index contributed by atoms with van der Waals surface area (Å²) in [5.74, 6) is 1.36. The van der Waals surface area contributed by atoms with Gasteiger partial charge in [-0.3, -0.25) is 9.59 Å². The third-order valence-corrected chi connectivity index (χ3v) is 7.88. The lowest BCUT2D eigenvalue weighted by Crippen LogP contribution is -2.41. The first-order valence-corrected chi connectivity index (χ1v) is 14.7. The standard InChI is InChI=1S/C16H22BBrO4.C10H10Br2O2/c1-15(2)16(3,4)22-17(21-15)14-12(11-19)7-5-8-13(14)20-10-6-9-18;11-5-2-6-14-9-4-1-3-8(7-13)10(9)12/h5,7-8,11H,6,9-10H2,1-4H3;1,3-4,7H,2,5-6H2. The van der Waals surface area contributed by atoms with Crippen molar-refractivity contribution < 1.29 is 28.4 Å². The van der Waals surface area contributed by atoms with Crippen LogP contribution in [0.5, 0.6) is 11.5 Å². The molecule has 1 fully saturated rings. The van der Waals surface area contributed by atoms with Crippen LogP contribution in [0.15, 0.2) is 40.9 Å². The predicted octanol–water partition coefficient (Wildman–Crippen LogP) is 6.39. The van der Waals surface area contributed by atoms with E-state index in [0.29, 0.717) is 35.6 Å². The van der Waals surface area contributed by atoms with Gasteiger partial charge in [0.05, 0.1) is 28.9 Å². The zero-order valence-corrected chi connectivity index (χ0v) is 25.8. The van der Waals surface area contributed by atoms with Gasteiger partial charge in [-0.1, -0.05) is 56.1 Å². The lowest BCUT2D eigenvalue weighted by atomic mass is 9.75. The number of hydrogen-bond acceptors (Lipinski definition) is 6. The Morgan fingerprint density at radius 2 is 1.28 bits per heavy atom. The van der Waals surface area contributed by atoms with Crippen molar-refractivity contribution >= 4 is 72.9 Å². The van der Waals surface area contributed by atoms with Crippen LogP contribution in [0.1, 0.15) is 61.3 Å². The highest BCUT2D eigenvalue weighted by Gasteiger charge is 2.53. The van der Waals surface area contributed by atoms with Gasteiger partial charge in [0.15, 0.2) is 6.29 Å². The fourth-order valence-corrected chi connectivity index (χ4v) is 4.14. The summed E-state index contributed by atoms with van der Waals surface area (Å²) in [5.41, 5.74) is 0.906. The van der Waals surface area contributed by atoms with Crippen molar-refractivity contribution in [2.24, 2.45) is 0 Å². The lowest BCUT2D eigenvalue weighted by molar-refractivity contribution is 0.00578. The minimum absolute atomic E-state index is 0.458. The minimum atomic E-state index is -0.606. The van der Waals surface area contributed by atoms with E-state index in [0.717, 1.165) is 46.3 Å². The number of rotatable bonds is 11. The van der Waals surface area contributed by atoms with Crippen molar-refractivity contribution in [3.05, 3.63) is 52.0 Å². The van der Waals surface area contributed by atoms with Crippen molar-refractivity contribution in [2.45, 2.75) is 51.7 Å². The summed E-state index contributed by atoms with van der Waals surface area (Å²) < 4.78 is 24.2. The Hall–Kier alpha value is -1.20. The number of hydrogen-bond donors (Lipinski definition) is 0. The van der Waals surface area contributed by atoms with E-state index in [1.807, 2.05) is 45.9 Å². The van der Waals surface area contributed by atoms with E-state index in [4.69, 9.17) is 18.8 Å². The van der Waals surface area contributed by atoms with Crippen molar-refractivity contribution in [3.63, 3.8) is 0 Å². The van der Waals surface area contributed by atoms with Crippen LogP contribution >= 0.6 is 47.8 Å². The van der Waals surface area contributed by atoms with Gasteiger partial charge in [-0.15, -0.1) is 0 Å². The molecular weight excluding hydrogens is 659 g/mol. The highest BCUT2D eigenvalue weighted by molar-refractivity contribution is 9.10. The topological polar surface area (TPSA) is 71.1 Å². The largest absolute Gasteiger partial charge is 0.499 e. The molecule has 6 nitrogen and oxygen atoms in total. The molecule has 0 unspecified atom stereocenters. The van der Waals surface area contributed by atoms with Gasteiger partial charge in [0.2, 0.25) is 0 Å². The molecule has 10 heteroatoms. The molecule has 3 rings (SSSR count). The van der Waals surface area contributed by atoms with Crippen LogP contribution in [-0.4, -0.2) is 54.8 Å². The van der Waals surface area contributed by atoms with Crippen LogP contribution in [-0.2, 0) is 9.31 Å². The molecule has 2 aromatic carbocycles. The van der Waals surface area contributed by atoms with Gasteiger partial charge in [-0.25, -0.2) is 0 Å². The van der Waals surface area contributed by atoms with E-state index >= 15 is 0 Å². The van der Waals surface area contributed by atoms with Crippen molar-refractivity contribution in [1.82, 2.24) is 0 Å². The van der Waals surface area contributed by atoms with Gasteiger partial charge in [0.25, 0.3) is 0 Å². The quantitative estimate of drug-likeness (QED) is 0.118. The third kappa shape index (κ3) is 8.15. The average Bonchev–Trinajstić information content (AvgIpc) is 3.07. The second-order valence-corrected chi connectivity index (χ2v) is 11.4. The van der Waals surface area contributed by atoms with Crippen LogP contribution < -0.4 is 14.9 Å². The number of halogens is 3. The van der Waals surface area contributed by atoms with Gasteiger partial charge in [-0.2, -0.15) is 0 Å². The number of aldehydes is 2. The predicted molar refractivity (Wildman–Crippen MR) is 155 cm³/mol. The van der Waals surface area contributed by atoms with Gasteiger partial charge in [0, 0.05) is 27.2 Å². The smallest absolute Gasteiger partial charge is 0.494 e. The maximum atomic E-state index is 11.4. The first-order valence-electron chi connectivity index (χ1n) is 11.7. The van der Waals surface area contributed by atoms with E-state index < -0.39 is 18.3 Å². The Balaban J connectivity index is 0.000000281. The number of alkyl halides is 2. The molecule has 0 aliphatic carbocycles. The molecule has 0 atom stereocenters. The summed E-state index contributed by atoms with van der Waals surface area (Å²) in [7, 11) is -0.606. The van der Waals surface area contributed by atoms with Gasteiger partial charge >= 0.3 is 7.12 Å². The fraction of sp³-hybridized carbons (Fsp3) is 0.462. The molecule has 0 amide bonds. The Kier molecular flexibility index (Phi) is 12.6. The van der Waals surface area contributed by atoms with Gasteiger partial charge < -0.3 is 18.8 Å². The van der Waals surface area contributed by atoms with E-state index in [1.165, 1.54) is 0 Å². The zero-order valence-electron chi connectivity index (χ0n) is 21.0. The molecule has 1 heterocycles. The molecule has 0 radical (unpaired) electrons. The van der Waals surface area contributed by atoms with Crippen molar-refractivity contribution in [2.75, 3.05) is 23.9 Å². The average molecular weight is 691 g/mol. The fourth-order valence-electron chi connectivity index (χ4n) is 3.21. The second kappa shape index (κ2) is 14.7. The number of carbonyl (C=O) groups is 2. The van der Waals surface area contributed by atoms with Gasteiger partial charge in [-0.05, 0) is 68.6 Å². The Morgan fingerprint density at radius 1 is 0.806 bits per heavy atom. The maximum absolute atomic E-state index is 11.4. The van der Waals surface area contributed by atoms with E-state index in [9.17, 15) is 9.59 Å². The van der Waals surface area contributed by atoms with Gasteiger partial charge in [0.1, 0.15) is 17.8 Å². The summed E-state index contributed by atoms with van der Waals surface area (Å²) >= 11 is 10.0. The van der Waals surface area contributed by atoms with Crippen molar-refractivity contribution in [1.29, 1.82) is 0 Å². The second-order valence-electron chi connectivity index (χ2n) is 9.02. The first-order chi connectivity index (χ1) is 17.1. The van der Waals surface area contributed by atoms with E-state index in [1.54, 1.807) is 18.2 Å². The molecular formula is C26H32BBr3O6. The van der Waals surface area contributed by atoms with Crippen LogP contribution in [0.3, 0.4) is 0 Å². The van der Waals surface area contributed by atoms with E-state index in [2.05, 4.69) is 47.8 Å². The third-order valence-electron chi connectivity index (χ3n) is 5.91. The number of benzene rings is 2. The van der Waals surface area contributed by atoms with Crippen LogP contribution in [0.4, 0.5) is 0 Å². The maximum Gasteiger partial charge on any atom is 0.499 e. The van der Waals surface area contributed by atoms with E-state index in [-0.39, 0.29) is 0 Å². The highest BCUT2D eigenvalue weighted by Crippen LogP contribution is 2.37. The molecule has 36 heavy (non-hydrogen) atoms. The SMILES string of the molecule is CC1(C)OB(c2c(C=O)cccc2OCCCBr)OC1(C)C.O=Cc1cccc(OCCCBr)c1Br. The summed E-state index contributed by atoms with van der Waals surface area (Å²) in [6.07, 6.45) is 3.45. The molecule has 196 valence electrons. The highest BCUT2D eigenvalue weighted by atomic mass is 79.9. The molecule has 2 aromatic rings. The van der Waals surface area contributed by atoms with Crippen molar-refractivity contribution in [3.8, 4) is 11.5 Å². The Labute approximate surface area is 239 Å². The molecule has 1 aliphatic heterocycles. The minimum Gasteiger partial charge on any atom is -0.494 e. The van der Waals surface area contributed by atoms with Crippen LogP contribution in [0.25, 0.3) is 0 Å². The molecule has 0 bridgehead atoms. The summed E-state index contributed by atoms with van der Waals surface area (Å²) in [4.78, 5) is 22.0. The number of ether oxygens (including phenoxy) is 2. The molecule has 0 spiro atoms. The monoisotopic (exact) mass is 688 g/mol. The Morgan fingerprint density at radius 3 is 1.78 bits per heavy atom. The zero-order chi connectivity index (χ0) is 26.8. The summed E-state index contributed by atoms with van der Waals surface area (Å²) in [5, 5.41) is 1.78. The lowest BCUT2D eigenvalue weighted by Gasteiger charge is -2.32. The first kappa shape index (κ1) is 31.0. The molecule has 0 N–H and O–H groups in total. The number of carbonyl (C=O) groups excluding carboxylic acids is 2. The van der Waals surface area contributed by atoms with Crippen LogP contribution in [0, 0.1) is 0 Å². The molecule has 0 aromatic heterocycles. The summed E-state index contributed by atoms with van der Waals surface area (Å²) in [6, 6.07) is 10.8. The Bertz CT molecular complexity index is 999. The molecule has 1 aliphatic rings. The molecule has 0 saturated carbocycles. The summed E-state index contributed by atoms with van der Waals surface area (Å²) in [6.45, 7) is 9.17. The normalized spacial score (nSPS) is 15.6.